The molecule has 2 aliphatic heterocycles. The van der Waals surface area contributed by atoms with E-state index in [2.05, 4.69) is 316 Å². The quantitative estimate of drug-likeness (QED) is 0.133. The zero-order valence-electron chi connectivity index (χ0n) is 54.8. The summed E-state index contributed by atoms with van der Waals surface area (Å²) in [4.78, 5) is 5.47. The first-order valence-electron chi connectivity index (χ1n) is 32.3. The van der Waals surface area contributed by atoms with Crippen molar-refractivity contribution in [3.63, 3.8) is 0 Å². The summed E-state index contributed by atoms with van der Waals surface area (Å²) in [6.07, 6.45) is 4.65. The van der Waals surface area contributed by atoms with Crippen molar-refractivity contribution in [3.05, 3.63) is 244 Å². The first kappa shape index (κ1) is 57.7. The lowest BCUT2D eigenvalue weighted by molar-refractivity contribution is 0.332. The predicted molar refractivity (Wildman–Crippen MR) is 372 cm³/mol. The minimum atomic E-state index is -0.290. The minimum absolute atomic E-state index is 0.0111. The van der Waals surface area contributed by atoms with Crippen LogP contribution in [-0.2, 0) is 37.9 Å². The summed E-state index contributed by atoms with van der Waals surface area (Å²) in [6.45, 7) is 41.2. The molecule has 0 aromatic heterocycles. The van der Waals surface area contributed by atoms with E-state index in [-0.39, 0.29) is 50.5 Å². The number of hydrogen-bond donors (Lipinski definition) is 0. The van der Waals surface area contributed by atoms with E-state index in [0.717, 1.165) is 19.3 Å². The topological polar surface area (TPSA) is 6.48 Å². The van der Waals surface area contributed by atoms with Crippen molar-refractivity contribution in [1.29, 1.82) is 0 Å². The molecule has 0 fully saturated rings. The van der Waals surface area contributed by atoms with Gasteiger partial charge in [-0.05, 0) is 202 Å². The van der Waals surface area contributed by atoms with Crippen LogP contribution < -0.4 is 26.2 Å². The Balaban J connectivity index is 1.14. The van der Waals surface area contributed by atoms with Crippen molar-refractivity contribution < 1.29 is 0 Å². The molecule has 0 saturated carbocycles. The van der Waals surface area contributed by atoms with Gasteiger partial charge in [0.15, 0.2) is 0 Å². The zero-order valence-corrected chi connectivity index (χ0v) is 54.8. The van der Waals surface area contributed by atoms with Gasteiger partial charge < -0.3 is 9.80 Å². The van der Waals surface area contributed by atoms with Gasteiger partial charge in [0.25, 0.3) is 6.71 Å². The van der Waals surface area contributed by atoms with Crippen LogP contribution in [0.3, 0.4) is 0 Å². The van der Waals surface area contributed by atoms with Crippen LogP contribution in [0.5, 0.6) is 0 Å². The summed E-state index contributed by atoms with van der Waals surface area (Å²) in [6, 6.07) is 74.2. The Morgan fingerprint density at radius 2 is 0.860 bits per heavy atom. The molecule has 4 aliphatic rings. The highest BCUT2D eigenvalue weighted by Gasteiger charge is 2.48. The molecule has 86 heavy (non-hydrogen) atoms. The minimum Gasteiger partial charge on any atom is -0.311 e. The summed E-state index contributed by atoms with van der Waals surface area (Å²) in [5.41, 5.74) is 30.0. The fourth-order valence-electron chi connectivity index (χ4n) is 15.5. The second kappa shape index (κ2) is 20.1. The average molecular weight is 1130 g/mol. The van der Waals surface area contributed by atoms with Crippen LogP contribution in [0.1, 0.15) is 205 Å². The maximum Gasteiger partial charge on any atom is 0.252 e. The molecule has 13 rings (SSSR count). The second-order valence-corrected chi connectivity index (χ2v) is 31.3. The molecule has 0 N–H and O–H groups in total. The maximum absolute atomic E-state index is 2.74. The Kier molecular flexibility index (Phi) is 13.5. The summed E-state index contributed by atoms with van der Waals surface area (Å²) in [7, 11) is 0. The van der Waals surface area contributed by atoms with Crippen LogP contribution in [-0.4, -0.2) is 6.71 Å². The Morgan fingerprint density at radius 1 is 0.360 bits per heavy atom. The van der Waals surface area contributed by atoms with Gasteiger partial charge >= 0.3 is 0 Å². The normalized spacial score (nSPS) is 17.1. The Bertz CT molecular complexity index is 4120. The Morgan fingerprint density at radius 3 is 1.44 bits per heavy atom. The smallest absolute Gasteiger partial charge is 0.252 e. The summed E-state index contributed by atoms with van der Waals surface area (Å²) < 4.78 is 0. The largest absolute Gasteiger partial charge is 0.311 e. The van der Waals surface area contributed by atoms with Crippen LogP contribution in [0.15, 0.2) is 188 Å². The number of nitrogens with zero attached hydrogens (tertiary/aromatic N) is 2. The van der Waals surface area contributed by atoms with Gasteiger partial charge in [-0.1, -0.05) is 251 Å². The maximum atomic E-state index is 2.74. The zero-order chi connectivity index (χ0) is 60.8. The molecule has 9 aromatic rings. The van der Waals surface area contributed by atoms with Crippen molar-refractivity contribution >= 4 is 57.2 Å². The van der Waals surface area contributed by atoms with E-state index in [9.17, 15) is 0 Å². The Labute approximate surface area is 517 Å². The van der Waals surface area contributed by atoms with Gasteiger partial charge in [0.1, 0.15) is 0 Å². The number of rotatable bonds is 9. The molecule has 2 aliphatic carbocycles. The van der Waals surface area contributed by atoms with E-state index >= 15 is 0 Å². The lowest BCUT2D eigenvalue weighted by Gasteiger charge is -2.48. The molecule has 0 radical (unpaired) electrons. The molecule has 436 valence electrons. The first-order valence-corrected chi connectivity index (χ1v) is 32.3. The van der Waals surface area contributed by atoms with Gasteiger partial charge in [-0.25, -0.2) is 0 Å². The van der Waals surface area contributed by atoms with E-state index in [1.807, 2.05) is 0 Å². The Hall–Kier alpha value is -7.36. The molecule has 2 nitrogen and oxygen atoms in total. The van der Waals surface area contributed by atoms with Crippen LogP contribution >= 0.6 is 0 Å². The number of benzene rings is 9. The van der Waals surface area contributed by atoms with Crippen LogP contribution in [0.25, 0.3) is 22.3 Å². The van der Waals surface area contributed by atoms with Crippen LogP contribution in [0.2, 0.25) is 0 Å². The standard InChI is InChI=1S/C83H91BN2/c1-53(2)57-46-74-76-75(47-57)86(71-40-36-61(82(14,15)59-27-20-18-21-28-59)48-64(71)56-26-24-25-55(45-56)54-31-33-58(34-32-54)77(3,4)5)72-49-62(83(16,17)60-29-22-19-23-30-60)35-39-69(72)84(76)70-51-67-68(81(12,13)44-43-80(67,10)11)52-73(70)85(74)63-37-38-65-66(50-63)79(8,9)42-41-78(65,6)7/h18-40,45-53H,41-44H2,1-17H3. The number of hydrogen-bond acceptors (Lipinski definition) is 2. The molecule has 0 spiro atoms. The van der Waals surface area contributed by atoms with Gasteiger partial charge in [-0.2, -0.15) is 0 Å². The third kappa shape index (κ3) is 9.43. The third-order valence-electron chi connectivity index (χ3n) is 21.8. The second-order valence-electron chi connectivity index (χ2n) is 31.3. The van der Waals surface area contributed by atoms with Gasteiger partial charge in [0, 0.05) is 44.8 Å². The molecule has 0 amide bonds. The molecule has 0 unspecified atom stereocenters. The van der Waals surface area contributed by atoms with E-state index in [1.165, 1.54) is 135 Å². The number of fused-ring (bicyclic) bond motifs is 6. The van der Waals surface area contributed by atoms with Gasteiger partial charge in [-0.15, -0.1) is 0 Å². The highest BCUT2D eigenvalue weighted by atomic mass is 15.2. The highest BCUT2D eigenvalue weighted by Crippen LogP contribution is 2.54. The molecule has 0 bridgehead atoms. The molecule has 0 saturated heterocycles. The molecular weight excluding hydrogens is 1040 g/mol. The number of anilines is 6. The monoisotopic (exact) mass is 1130 g/mol. The van der Waals surface area contributed by atoms with Crippen molar-refractivity contribution in [1.82, 2.24) is 0 Å². The fourth-order valence-corrected chi connectivity index (χ4v) is 15.5. The first-order chi connectivity index (χ1) is 40.6. The van der Waals surface area contributed by atoms with E-state index in [4.69, 9.17) is 0 Å². The molecule has 2 heterocycles. The van der Waals surface area contributed by atoms with Gasteiger partial charge in [0.05, 0.1) is 5.69 Å². The van der Waals surface area contributed by atoms with Crippen molar-refractivity contribution in [2.75, 3.05) is 9.80 Å². The average Bonchev–Trinajstić information content (AvgIpc) is 0.748. The van der Waals surface area contributed by atoms with Crippen molar-refractivity contribution in [3.8, 4) is 22.3 Å². The fraction of sp³-hybridized carbons (Fsp3) is 0.349. The molecule has 0 atom stereocenters. The summed E-state index contributed by atoms with van der Waals surface area (Å²) >= 11 is 0. The SMILES string of the molecule is CC(C)c1cc2c3c(c1)N(c1ccc(C(C)(C)c4ccccc4)cc1-c1cccc(-c4ccc(C(C)(C)C)cc4)c1)c1cc(C(C)(C)c4ccccc4)ccc1B3c1cc3c(cc1N2c1ccc2c(c1)C(C)(C)CCC2(C)C)C(C)(C)CCC3(C)C. The molecule has 9 aromatic carbocycles. The van der Waals surface area contributed by atoms with E-state index < -0.39 is 0 Å². The van der Waals surface area contributed by atoms with E-state index in [1.54, 1.807) is 0 Å². The summed E-state index contributed by atoms with van der Waals surface area (Å²) in [5.74, 6) is 0.256. The van der Waals surface area contributed by atoms with E-state index in [0.29, 0.717) is 0 Å². The van der Waals surface area contributed by atoms with Crippen molar-refractivity contribution in [2.24, 2.45) is 0 Å². The molecular formula is C83H91BN2. The molecule has 3 heteroatoms. The van der Waals surface area contributed by atoms with Gasteiger partial charge in [-0.3, -0.25) is 0 Å². The highest BCUT2D eigenvalue weighted by molar-refractivity contribution is 7.00. The van der Waals surface area contributed by atoms with Crippen LogP contribution in [0.4, 0.5) is 34.1 Å². The lowest BCUT2D eigenvalue weighted by atomic mass is 9.33. The predicted octanol–water partition coefficient (Wildman–Crippen LogP) is 20.9. The summed E-state index contributed by atoms with van der Waals surface area (Å²) in [5, 5.41) is 0. The van der Waals surface area contributed by atoms with Crippen LogP contribution in [0, 0.1) is 0 Å². The third-order valence-corrected chi connectivity index (χ3v) is 21.8. The van der Waals surface area contributed by atoms with Crippen molar-refractivity contribution in [2.45, 2.75) is 187 Å². The van der Waals surface area contributed by atoms with Gasteiger partial charge in [0.2, 0.25) is 0 Å². The lowest BCUT2D eigenvalue weighted by Crippen LogP contribution is -2.62.